The van der Waals surface area contributed by atoms with E-state index in [9.17, 15) is 9.59 Å². The fourth-order valence-corrected chi connectivity index (χ4v) is 4.40. The smallest absolute Gasteiger partial charge is 0.345 e. The van der Waals surface area contributed by atoms with Gasteiger partial charge in [0.1, 0.15) is 11.5 Å². The van der Waals surface area contributed by atoms with Crippen LogP contribution in [0.1, 0.15) is 22.8 Å². The SMILES string of the molecule is O=C1NN=C2N=C(c3cc4ccccc4oc3=O)CC(c3cccs3)C12. The molecule has 4 heterocycles. The summed E-state index contributed by atoms with van der Waals surface area (Å²) in [4.78, 5) is 30.3. The Labute approximate surface area is 151 Å². The predicted octanol–water partition coefficient (Wildman–Crippen LogP) is 2.89. The lowest BCUT2D eigenvalue weighted by molar-refractivity contribution is -0.122. The summed E-state index contributed by atoms with van der Waals surface area (Å²) >= 11 is 1.59. The molecule has 0 spiro atoms. The number of rotatable bonds is 2. The van der Waals surface area contributed by atoms with Crippen molar-refractivity contribution in [3.63, 3.8) is 0 Å². The molecule has 2 atom stereocenters. The first-order valence-electron chi connectivity index (χ1n) is 8.22. The molecule has 2 unspecified atom stereocenters. The van der Waals surface area contributed by atoms with Crippen LogP contribution in [0.15, 0.2) is 67.2 Å². The van der Waals surface area contributed by atoms with Gasteiger partial charge >= 0.3 is 5.63 Å². The second kappa shape index (κ2) is 5.74. The van der Waals surface area contributed by atoms with E-state index in [2.05, 4.69) is 15.5 Å². The third-order valence-electron chi connectivity index (χ3n) is 4.77. The Morgan fingerprint density at radius 3 is 2.88 bits per heavy atom. The highest BCUT2D eigenvalue weighted by atomic mass is 32.1. The number of hydrogen-bond donors (Lipinski definition) is 1. The number of thiophene rings is 1. The van der Waals surface area contributed by atoms with Crippen LogP contribution >= 0.6 is 11.3 Å². The van der Waals surface area contributed by atoms with E-state index in [1.807, 2.05) is 35.7 Å². The van der Waals surface area contributed by atoms with Crippen LogP contribution in [0.5, 0.6) is 0 Å². The molecule has 2 aromatic heterocycles. The van der Waals surface area contributed by atoms with Crippen molar-refractivity contribution in [2.24, 2.45) is 16.0 Å². The summed E-state index contributed by atoms with van der Waals surface area (Å²) in [5, 5.41) is 6.88. The van der Waals surface area contributed by atoms with Gasteiger partial charge in [-0.25, -0.2) is 15.2 Å². The zero-order chi connectivity index (χ0) is 17.7. The molecular formula is C19H13N3O3S. The Hall–Kier alpha value is -3.06. The maximum absolute atomic E-state index is 12.5. The van der Waals surface area contributed by atoms with Crippen molar-refractivity contribution in [3.05, 3.63) is 68.7 Å². The molecule has 0 fully saturated rings. The first-order valence-corrected chi connectivity index (χ1v) is 9.10. The maximum Gasteiger partial charge on any atom is 0.345 e. The van der Waals surface area contributed by atoms with Gasteiger partial charge in [0.2, 0.25) is 0 Å². The minimum atomic E-state index is -0.427. The molecule has 128 valence electrons. The van der Waals surface area contributed by atoms with Gasteiger partial charge in [-0.05, 0) is 30.0 Å². The average molecular weight is 363 g/mol. The number of amides is 1. The normalized spacial score (nSPS) is 21.9. The molecule has 3 aromatic rings. The number of hydrogen-bond acceptors (Lipinski definition) is 6. The number of para-hydroxylation sites is 1. The van der Waals surface area contributed by atoms with Crippen LogP contribution in [0, 0.1) is 5.92 Å². The lowest BCUT2D eigenvalue weighted by Gasteiger charge is -2.25. The first kappa shape index (κ1) is 15.2. The highest BCUT2D eigenvalue weighted by Crippen LogP contribution is 2.38. The first-order chi connectivity index (χ1) is 12.7. The Bertz CT molecular complexity index is 1140. The number of aliphatic imine (C=N–C) groups is 1. The molecule has 6 nitrogen and oxygen atoms in total. The van der Waals surface area contributed by atoms with E-state index in [0.717, 1.165) is 10.3 Å². The number of hydrazone groups is 1. The predicted molar refractivity (Wildman–Crippen MR) is 99.8 cm³/mol. The number of fused-ring (bicyclic) bond motifs is 2. The molecule has 0 aliphatic carbocycles. The van der Waals surface area contributed by atoms with Crippen LogP contribution in [-0.2, 0) is 4.79 Å². The van der Waals surface area contributed by atoms with Crippen molar-refractivity contribution in [1.82, 2.24) is 5.43 Å². The van der Waals surface area contributed by atoms with Gasteiger partial charge in [0, 0.05) is 16.2 Å². The number of amidine groups is 1. The second-order valence-corrected chi connectivity index (χ2v) is 7.27. The lowest BCUT2D eigenvalue weighted by Crippen LogP contribution is -2.34. The maximum atomic E-state index is 12.5. The van der Waals surface area contributed by atoms with Crippen molar-refractivity contribution >= 4 is 39.8 Å². The number of benzene rings is 1. The van der Waals surface area contributed by atoms with Crippen LogP contribution in [0.25, 0.3) is 11.0 Å². The highest BCUT2D eigenvalue weighted by molar-refractivity contribution is 7.10. The summed E-state index contributed by atoms with van der Waals surface area (Å²) in [7, 11) is 0. The number of nitrogens with one attached hydrogen (secondary N) is 1. The van der Waals surface area contributed by atoms with Crippen molar-refractivity contribution in [1.29, 1.82) is 0 Å². The second-order valence-electron chi connectivity index (χ2n) is 6.29. The van der Waals surface area contributed by atoms with Gasteiger partial charge in [-0.2, -0.15) is 5.10 Å². The molecule has 26 heavy (non-hydrogen) atoms. The van der Waals surface area contributed by atoms with Gasteiger partial charge in [0.15, 0.2) is 5.84 Å². The average Bonchev–Trinajstić information content (AvgIpc) is 3.31. The third-order valence-corrected chi connectivity index (χ3v) is 5.77. The molecular weight excluding hydrogens is 350 g/mol. The fraction of sp³-hybridized carbons (Fsp3) is 0.158. The van der Waals surface area contributed by atoms with Crippen LogP contribution < -0.4 is 11.1 Å². The lowest BCUT2D eigenvalue weighted by atomic mass is 9.82. The summed E-state index contributed by atoms with van der Waals surface area (Å²) in [6.45, 7) is 0. The van der Waals surface area contributed by atoms with Gasteiger partial charge in [0.05, 0.1) is 11.3 Å². The van der Waals surface area contributed by atoms with Crippen LogP contribution in [0.4, 0.5) is 0 Å². The van der Waals surface area contributed by atoms with Gasteiger partial charge in [-0.15, -0.1) is 11.3 Å². The Kier molecular flexibility index (Phi) is 3.36. The zero-order valence-corrected chi connectivity index (χ0v) is 14.3. The molecule has 0 bridgehead atoms. The van der Waals surface area contributed by atoms with E-state index >= 15 is 0 Å². The molecule has 1 amide bonds. The quantitative estimate of drug-likeness (QED) is 0.711. The molecule has 1 aromatic carbocycles. The summed E-state index contributed by atoms with van der Waals surface area (Å²) in [6.07, 6.45) is 0.487. The topological polar surface area (TPSA) is 84.0 Å². The van der Waals surface area contributed by atoms with E-state index in [-0.39, 0.29) is 11.8 Å². The minimum Gasteiger partial charge on any atom is -0.422 e. The molecule has 5 rings (SSSR count). The van der Waals surface area contributed by atoms with E-state index in [1.165, 1.54) is 0 Å². The molecule has 0 radical (unpaired) electrons. The van der Waals surface area contributed by atoms with E-state index in [1.54, 1.807) is 23.5 Å². The summed E-state index contributed by atoms with van der Waals surface area (Å²) < 4.78 is 5.45. The van der Waals surface area contributed by atoms with Crippen LogP contribution in [0.3, 0.4) is 0 Å². The standard InChI is InChI=1S/C19H13N3O3S/c23-18-16-12(15-6-3-7-26-15)9-13(20-17(16)21-22-18)11-8-10-4-1-2-5-14(10)25-19(11)24/h1-8,12,16H,9H2,(H,22,23). The molecule has 1 N–H and O–H groups in total. The monoisotopic (exact) mass is 363 g/mol. The molecule has 0 saturated carbocycles. The molecule has 0 saturated heterocycles. The van der Waals surface area contributed by atoms with Crippen molar-refractivity contribution < 1.29 is 9.21 Å². The fourth-order valence-electron chi connectivity index (χ4n) is 3.54. The Morgan fingerprint density at radius 2 is 2.04 bits per heavy atom. The molecule has 2 aliphatic heterocycles. The highest BCUT2D eigenvalue weighted by Gasteiger charge is 2.42. The Balaban J connectivity index is 1.66. The van der Waals surface area contributed by atoms with Gasteiger partial charge in [-0.1, -0.05) is 24.3 Å². The van der Waals surface area contributed by atoms with Crippen molar-refractivity contribution in [2.75, 3.05) is 0 Å². The van der Waals surface area contributed by atoms with Gasteiger partial charge < -0.3 is 4.42 Å². The number of carbonyl (C=O) groups excluding carboxylic acids is 1. The van der Waals surface area contributed by atoms with Gasteiger partial charge in [0.25, 0.3) is 5.91 Å². The molecule has 2 aliphatic rings. The third kappa shape index (κ3) is 2.32. The zero-order valence-electron chi connectivity index (χ0n) is 13.5. The minimum absolute atomic E-state index is 0.0883. The molecule has 7 heteroatoms. The van der Waals surface area contributed by atoms with Crippen LogP contribution in [-0.4, -0.2) is 17.5 Å². The summed E-state index contributed by atoms with van der Waals surface area (Å²) in [5.74, 6) is -0.214. The number of carbonyl (C=O) groups is 1. The Morgan fingerprint density at radius 1 is 1.15 bits per heavy atom. The van der Waals surface area contributed by atoms with E-state index in [4.69, 9.17) is 4.42 Å². The van der Waals surface area contributed by atoms with E-state index in [0.29, 0.717) is 29.1 Å². The van der Waals surface area contributed by atoms with Crippen molar-refractivity contribution in [2.45, 2.75) is 12.3 Å². The summed E-state index contributed by atoms with van der Waals surface area (Å²) in [6, 6.07) is 13.1. The van der Waals surface area contributed by atoms with Crippen LogP contribution in [0.2, 0.25) is 0 Å². The largest absolute Gasteiger partial charge is 0.422 e. The van der Waals surface area contributed by atoms with Gasteiger partial charge in [-0.3, -0.25) is 4.79 Å². The summed E-state index contributed by atoms with van der Waals surface area (Å²) in [5.41, 5.74) is 3.66. The number of nitrogens with zero attached hydrogens (tertiary/aromatic N) is 2. The van der Waals surface area contributed by atoms with Crippen molar-refractivity contribution in [3.8, 4) is 0 Å². The van der Waals surface area contributed by atoms with E-state index < -0.39 is 11.5 Å².